The summed E-state index contributed by atoms with van der Waals surface area (Å²) in [5.74, 6) is -0.364. The van der Waals surface area contributed by atoms with Crippen LogP contribution in [0.1, 0.15) is 5.56 Å². The lowest BCUT2D eigenvalue weighted by atomic mass is 10.1. The maximum atomic E-state index is 12.9. The minimum absolute atomic E-state index is 0.0252. The number of carbonyl (C=O) groups excluding carboxylic acids is 1. The lowest BCUT2D eigenvalue weighted by molar-refractivity contribution is -0.385. The largest absolute Gasteiger partial charge is 0.454 e. The summed E-state index contributed by atoms with van der Waals surface area (Å²) in [5, 5.41) is 14.0. The number of rotatable bonds is 4. The van der Waals surface area contributed by atoms with E-state index in [2.05, 4.69) is 16.2 Å². The lowest BCUT2D eigenvalue weighted by Crippen LogP contribution is -2.43. The highest BCUT2D eigenvalue weighted by Crippen LogP contribution is 2.38. The number of amides is 1. The molecule has 1 heterocycles. The zero-order valence-corrected chi connectivity index (χ0v) is 14.9. The Morgan fingerprint density at radius 2 is 1.86 bits per heavy atom. The highest BCUT2D eigenvalue weighted by atomic mass is 32.1. The van der Waals surface area contributed by atoms with Gasteiger partial charge in [0.25, 0.3) is 11.6 Å². The van der Waals surface area contributed by atoms with E-state index in [0.29, 0.717) is 11.4 Å². The number of ether oxygens (including phenoxy) is 2. The number of fused-ring (bicyclic) bond motifs is 1. The molecule has 144 valence electrons. The minimum Gasteiger partial charge on any atom is -0.454 e. The third-order valence-electron chi connectivity index (χ3n) is 3.53. The van der Waals surface area contributed by atoms with Gasteiger partial charge in [-0.2, -0.15) is 0 Å². The topological polar surface area (TPSA) is 115 Å². The maximum Gasteiger partial charge on any atom is 0.280 e. The average Bonchev–Trinajstić information content (AvgIpc) is 3.13. The molecule has 0 radical (unpaired) electrons. The normalized spacial score (nSPS) is 11.9. The average molecular weight is 404 g/mol. The highest BCUT2D eigenvalue weighted by molar-refractivity contribution is 7.80. The molecule has 0 saturated carbocycles. The van der Waals surface area contributed by atoms with Crippen molar-refractivity contribution in [2.24, 2.45) is 0 Å². The van der Waals surface area contributed by atoms with Crippen LogP contribution >= 0.6 is 12.2 Å². The quantitative estimate of drug-likeness (QED) is 0.308. The van der Waals surface area contributed by atoms with E-state index in [1.165, 1.54) is 42.5 Å². The van der Waals surface area contributed by atoms with Crippen LogP contribution in [0, 0.1) is 15.9 Å². The molecule has 0 bridgehead atoms. The maximum absolute atomic E-state index is 12.9. The van der Waals surface area contributed by atoms with Gasteiger partial charge in [0.05, 0.1) is 16.6 Å². The first-order valence-corrected chi connectivity index (χ1v) is 8.22. The zero-order chi connectivity index (χ0) is 20.1. The summed E-state index contributed by atoms with van der Waals surface area (Å²) in [7, 11) is 0. The van der Waals surface area contributed by atoms with Gasteiger partial charge < -0.3 is 14.8 Å². The molecule has 0 aromatic heterocycles. The Hall–Kier alpha value is -3.73. The molecule has 2 aromatic carbocycles. The van der Waals surface area contributed by atoms with Crippen LogP contribution in [-0.2, 0) is 4.79 Å². The van der Waals surface area contributed by atoms with Crippen LogP contribution < -0.4 is 25.6 Å². The van der Waals surface area contributed by atoms with Gasteiger partial charge >= 0.3 is 0 Å². The smallest absolute Gasteiger partial charge is 0.280 e. The fourth-order valence-corrected chi connectivity index (χ4v) is 2.43. The summed E-state index contributed by atoms with van der Waals surface area (Å²) in [5.41, 5.74) is 5.24. The fourth-order valence-electron chi connectivity index (χ4n) is 2.26. The van der Waals surface area contributed by atoms with Crippen molar-refractivity contribution in [3.05, 3.63) is 64.0 Å². The molecule has 1 aliphatic heterocycles. The molecule has 1 aliphatic rings. The van der Waals surface area contributed by atoms with Crippen molar-refractivity contribution in [2.45, 2.75) is 0 Å². The van der Waals surface area contributed by atoms with E-state index < -0.39 is 10.8 Å². The number of nitrogens with one attached hydrogen (secondary N) is 3. The third-order valence-corrected chi connectivity index (χ3v) is 3.74. The number of hydrogen-bond donors (Lipinski definition) is 3. The van der Waals surface area contributed by atoms with Crippen molar-refractivity contribution in [3.8, 4) is 11.5 Å². The van der Waals surface area contributed by atoms with Gasteiger partial charge in [-0.15, -0.1) is 0 Å². The Balaban J connectivity index is 1.58. The van der Waals surface area contributed by atoms with Gasteiger partial charge in [-0.05, 0) is 48.6 Å². The van der Waals surface area contributed by atoms with Crippen LogP contribution in [0.5, 0.6) is 11.5 Å². The Morgan fingerprint density at radius 1 is 1.18 bits per heavy atom. The summed E-state index contributed by atoms with van der Waals surface area (Å²) in [6, 6.07) is 8.11. The molecule has 0 atom stereocenters. The first-order chi connectivity index (χ1) is 13.4. The van der Waals surface area contributed by atoms with Crippen molar-refractivity contribution in [2.75, 3.05) is 12.1 Å². The molecule has 2 aromatic rings. The Morgan fingerprint density at radius 3 is 2.54 bits per heavy atom. The lowest BCUT2D eigenvalue weighted by Gasteiger charge is -2.10. The molecule has 1 amide bonds. The standard InChI is InChI=1S/C17H13FN4O5S/c18-11-2-4-12(5-3-11)19-17(28)21-20-16(23)6-1-10-7-14-15(27-9-26-14)8-13(10)22(24)25/h1-8H,9H2,(H,20,23)(H2,19,21,28)/b6-1+. The molecule has 0 saturated heterocycles. The summed E-state index contributed by atoms with van der Waals surface area (Å²) < 4.78 is 23.1. The van der Waals surface area contributed by atoms with E-state index in [-0.39, 0.29) is 34.7 Å². The van der Waals surface area contributed by atoms with Gasteiger partial charge in [0.1, 0.15) is 5.82 Å². The van der Waals surface area contributed by atoms with Crippen molar-refractivity contribution < 1.29 is 23.6 Å². The van der Waals surface area contributed by atoms with E-state index in [0.717, 1.165) is 6.08 Å². The van der Waals surface area contributed by atoms with Gasteiger partial charge in [0.2, 0.25) is 6.79 Å². The number of nitro benzene ring substituents is 1. The molecule has 3 N–H and O–H groups in total. The second kappa shape index (κ2) is 8.31. The molecule has 0 spiro atoms. The van der Waals surface area contributed by atoms with Crippen LogP contribution in [-0.4, -0.2) is 22.7 Å². The van der Waals surface area contributed by atoms with Crippen molar-refractivity contribution >= 4 is 40.7 Å². The van der Waals surface area contributed by atoms with Gasteiger partial charge in [0.15, 0.2) is 16.6 Å². The molecule has 11 heteroatoms. The van der Waals surface area contributed by atoms with E-state index >= 15 is 0 Å². The molecule has 0 aliphatic carbocycles. The molecule has 9 nitrogen and oxygen atoms in total. The number of anilines is 1. The predicted octanol–water partition coefficient (Wildman–Crippen LogP) is 2.49. The van der Waals surface area contributed by atoms with Crippen molar-refractivity contribution in [3.63, 3.8) is 0 Å². The molecular weight excluding hydrogens is 391 g/mol. The number of thiocarbonyl (C=S) groups is 1. The van der Waals surface area contributed by atoms with Crippen LogP contribution in [0.25, 0.3) is 6.08 Å². The van der Waals surface area contributed by atoms with Gasteiger partial charge in [-0.3, -0.25) is 25.8 Å². The molecule has 3 rings (SSSR count). The third kappa shape index (κ3) is 4.71. The summed E-state index contributed by atoms with van der Waals surface area (Å²) in [6.07, 6.45) is 2.37. The van der Waals surface area contributed by atoms with Crippen molar-refractivity contribution in [1.29, 1.82) is 0 Å². The number of hydrazine groups is 1. The Bertz CT molecular complexity index is 965. The Kier molecular flexibility index (Phi) is 5.65. The fraction of sp³-hybridized carbons (Fsp3) is 0.0588. The number of nitro groups is 1. The highest BCUT2D eigenvalue weighted by Gasteiger charge is 2.22. The molecule has 0 fully saturated rings. The van der Waals surface area contributed by atoms with Crippen molar-refractivity contribution in [1.82, 2.24) is 10.9 Å². The van der Waals surface area contributed by atoms with Crippen LogP contribution in [0.3, 0.4) is 0 Å². The van der Waals surface area contributed by atoms with E-state index in [1.807, 2.05) is 0 Å². The van der Waals surface area contributed by atoms with Gasteiger partial charge in [0, 0.05) is 11.8 Å². The Labute approximate surface area is 163 Å². The van der Waals surface area contributed by atoms with E-state index in [9.17, 15) is 19.3 Å². The van der Waals surface area contributed by atoms with Gasteiger partial charge in [-0.1, -0.05) is 0 Å². The number of halogens is 1. The second-order valence-corrected chi connectivity index (χ2v) is 5.84. The zero-order valence-electron chi connectivity index (χ0n) is 14.1. The summed E-state index contributed by atoms with van der Waals surface area (Å²) in [6.45, 7) is -0.0252. The number of hydrogen-bond acceptors (Lipinski definition) is 6. The second-order valence-electron chi connectivity index (χ2n) is 5.43. The SMILES string of the molecule is O=C(/C=C/c1cc2c(cc1[N+](=O)[O-])OCO2)NNC(=S)Nc1ccc(F)cc1. The molecule has 28 heavy (non-hydrogen) atoms. The van der Waals surface area contributed by atoms with Gasteiger partial charge in [-0.25, -0.2) is 4.39 Å². The molecule has 0 unspecified atom stereocenters. The summed E-state index contributed by atoms with van der Waals surface area (Å²) in [4.78, 5) is 22.5. The van der Waals surface area contributed by atoms with Crippen LogP contribution in [0.2, 0.25) is 0 Å². The number of nitrogens with zero attached hydrogens (tertiary/aromatic N) is 1. The molecular formula is C17H13FN4O5S. The number of benzene rings is 2. The van der Waals surface area contributed by atoms with E-state index in [4.69, 9.17) is 21.7 Å². The first-order valence-electron chi connectivity index (χ1n) is 7.81. The summed E-state index contributed by atoms with van der Waals surface area (Å²) >= 11 is 5.00. The van der Waals surface area contributed by atoms with Crippen LogP contribution in [0.4, 0.5) is 15.8 Å². The first kappa shape index (κ1) is 19.0. The predicted molar refractivity (Wildman–Crippen MR) is 102 cm³/mol. The van der Waals surface area contributed by atoms with E-state index in [1.54, 1.807) is 0 Å². The number of carbonyl (C=O) groups is 1. The van der Waals surface area contributed by atoms with Crippen LogP contribution in [0.15, 0.2) is 42.5 Å². The monoisotopic (exact) mass is 404 g/mol. The minimum atomic E-state index is -0.602.